The maximum atomic E-state index is 12.9. The van der Waals surface area contributed by atoms with E-state index in [1.54, 1.807) is 36.4 Å². The van der Waals surface area contributed by atoms with Crippen LogP contribution in [0, 0.1) is 0 Å². The minimum atomic E-state index is -0.772. The van der Waals surface area contributed by atoms with Gasteiger partial charge in [-0.05, 0) is 37.4 Å². The number of rotatable bonds is 8. The fraction of sp³-hybridized carbons (Fsp3) is 0.364. The van der Waals surface area contributed by atoms with Crippen LogP contribution in [0.15, 0.2) is 52.7 Å². The number of likely N-dealkylation sites (N-methyl/N-ethyl adjacent to an activating group) is 1. The van der Waals surface area contributed by atoms with Gasteiger partial charge in [-0.15, -0.1) is 0 Å². The van der Waals surface area contributed by atoms with E-state index >= 15 is 0 Å². The molecule has 0 saturated carbocycles. The van der Waals surface area contributed by atoms with E-state index in [1.807, 2.05) is 13.8 Å². The third kappa shape index (κ3) is 4.05. The van der Waals surface area contributed by atoms with Gasteiger partial charge < -0.3 is 24.1 Å². The molecule has 1 fully saturated rings. The smallest absolute Gasteiger partial charge is 0.295 e. The third-order valence-corrected chi connectivity index (χ3v) is 5.25. The Kier molecular flexibility index (Phi) is 6.39. The van der Waals surface area contributed by atoms with Gasteiger partial charge in [0.25, 0.3) is 11.7 Å². The van der Waals surface area contributed by atoms with Crippen molar-refractivity contribution in [1.82, 2.24) is 9.80 Å². The van der Waals surface area contributed by atoms with Crippen LogP contribution in [0.2, 0.25) is 0 Å². The number of aliphatic hydroxyl groups is 1. The monoisotopic (exact) mass is 398 g/mol. The molecule has 1 amide bonds. The molecule has 1 aliphatic heterocycles. The number of amides is 1. The number of aliphatic hydroxyl groups excluding tert-OH is 1. The molecule has 1 N–H and O–H groups in total. The van der Waals surface area contributed by atoms with Crippen molar-refractivity contribution in [3.8, 4) is 5.75 Å². The number of ether oxygens (including phenoxy) is 1. The molecule has 2 heterocycles. The summed E-state index contributed by atoms with van der Waals surface area (Å²) in [5.74, 6) is -0.615. The molecule has 7 nitrogen and oxygen atoms in total. The van der Waals surface area contributed by atoms with Crippen LogP contribution in [0.5, 0.6) is 5.75 Å². The summed E-state index contributed by atoms with van der Waals surface area (Å²) in [6, 6.07) is 9.38. The highest BCUT2D eigenvalue weighted by Gasteiger charge is 2.47. The number of methoxy groups -OCH3 is 1. The summed E-state index contributed by atoms with van der Waals surface area (Å²) in [5, 5.41) is 11.0. The Morgan fingerprint density at radius 3 is 2.59 bits per heavy atom. The summed E-state index contributed by atoms with van der Waals surface area (Å²) in [6.45, 7) is 6.75. The van der Waals surface area contributed by atoms with Gasteiger partial charge >= 0.3 is 0 Å². The molecule has 0 bridgehead atoms. The van der Waals surface area contributed by atoms with Gasteiger partial charge in [0.15, 0.2) is 0 Å². The van der Waals surface area contributed by atoms with Crippen molar-refractivity contribution in [2.45, 2.75) is 19.9 Å². The Balaban J connectivity index is 2.05. The molecular formula is C22H26N2O5. The zero-order chi connectivity index (χ0) is 21.0. The van der Waals surface area contributed by atoms with Gasteiger partial charge in [-0.1, -0.05) is 26.0 Å². The first kappa shape index (κ1) is 20.7. The van der Waals surface area contributed by atoms with E-state index in [-0.39, 0.29) is 11.3 Å². The normalized spacial score (nSPS) is 18.6. The molecule has 1 saturated heterocycles. The fourth-order valence-electron chi connectivity index (χ4n) is 3.57. The van der Waals surface area contributed by atoms with Crippen molar-refractivity contribution in [2.24, 2.45) is 0 Å². The second kappa shape index (κ2) is 8.96. The summed E-state index contributed by atoms with van der Waals surface area (Å²) < 4.78 is 10.7. The molecule has 0 spiro atoms. The van der Waals surface area contributed by atoms with Crippen LogP contribution >= 0.6 is 0 Å². The van der Waals surface area contributed by atoms with E-state index in [4.69, 9.17) is 9.15 Å². The maximum Gasteiger partial charge on any atom is 0.295 e. The number of carbonyl (C=O) groups is 2. The first-order valence-corrected chi connectivity index (χ1v) is 9.70. The fourth-order valence-corrected chi connectivity index (χ4v) is 3.57. The predicted molar refractivity (Wildman–Crippen MR) is 108 cm³/mol. The van der Waals surface area contributed by atoms with Crippen LogP contribution in [0.4, 0.5) is 0 Å². The van der Waals surface area contributed by atoms with E-state index in [9.17, 15) is 14.7 Å². The molecular weight excluding hydrogens is 372 g/mol. The molecule has 29 heavy (non-hydrogen) atoms. The first-order valence-electron chi connectivity index (χ1n) is 9.70. The van der Waals surface area contributed by atoms with E-state index in [2.05, 4.69) is 4.90 Å². The zero-order valence-electron chi connectivity index (χ0n) is 16.9. The highest BCUT2D eigenvalue weighted by Crippen LogP contribution is 2.39. The number of Topliss-reactive ketones (excluding diaryl/α,β-unsaturated/α-hetero) is 1. The van der Waals surface area contributed by atoms with Crippen LogP contribution in [-0.4, -0.2) is 59.9 Å². The summed E-state index contributed by atoms with van der Waals surface area (Å²) >= 11 is 0. The first-order chi connectivity index (χ1) is 14.0. The van der Waals surface area contributed by atoms with Crippen LogP contribution in [0.3, 0.4) is 0 Å². The predicted octanol–water partition coefficient (Wildman–Crippen LogP) is 3.05. The quantitative estimate of drug-likeness (QED) is 0.418. The van der Waals surface area contributed by atoms with Crippen molar-refractivity contribution >= 4 is 17.4 Å². The van der Waals surface area contributed by atoms with Crippen LogP contribution in [-0.2, 0) is 9.59 Å². The van der Waals surface area contributed by atoms with Crippen LogP contribution in [0.1, 0.15) is 31.2 Å². The van der Waals surface area contributed by atoms with Crippen molar-refractivity contribution < 1.29 is 23.8 Å². The Morgan fingerprint density at radius 2 is 1.97 bits per heavy atom. The largest absolute Gasteiger partial charge is 0.507 e. The number of carbonyl (C=O) groups excluding carboxylic acids is 2. The SMILES string of the molecule is CCN(CC)CCN1C(=O)C(=O)C(=C(O)c2cccc(OC)c2)C1c1ccco1. The van der Waals surface area contributed by atoms with Gasteiger partial charge in [0.05, 0.1) is 18.9 Å². The van der Waals surface area contributed by atoms with E-state index in [0.717, 1.165) is 13.1 Å². The summed E-state index contributed by atoms with van der Waals surface area (Å²) in [6.07, 6.45) is 1.49. The second-order valence-electron chi connectivity index (χ2n) is 6.77. The number of benzene rings is 1. The number of ketones is 1. The van der Waals surface area contributed by atoms with Crippen molar-refractivity contribution in [1.29, 1.82) is 0 Å². The van der Waals surface area contributed by atoms with Gasteiger partial charge in [-0.25, -0.2) is 0 Å². The lowest BCUT2D eigenvalue weighted by atomic mass is 9.99. The van der Waals surface area contributed by atoms with Crippen LogP contribution < -0.4 is 4.74 Å². The van der Waals surface area contributed by atoms with Gasteiger partial charge in [-0.3, -0.25) is 9.59 Å². The molecule has 1 aliphatic rings. The van der Waals surface area contributed by atoms with Crippen molar-refractivity contribution in [3.05, 3.63) is 59.6 Å². The van der Waals surface area contributed by atoms with Crippen molar-refractivity contribution in [3.63, 3.8) is 0 Å². The summed E-state index contributed by atoms with van der Waals surface area (Å²) in [5.41, 5.74) is 0.431. The van der Waals surface area contributed by atoms with E-state index < -0.39 is 17.7 Å². The Morgan fingerprint density at radius 1 is 1.21 bits per heavy atom. The van der Waals surface area contributed by atoms with Gasteiger partial charge in [-0.2, -0.15) is 0 Å². The topological polar surface area (TPSA) is 83.2 Å². The van der Waals surface area contributed by atoms with E-state index in [1.165, 1.54) is 18.3 Å². The average molecular weight is 398 g/mol. The highest BCUT2D eigenvalue weighted by atomic mass is 16.5. The number of likely N-dealkylation sites (tertiary alicyclic amines) is 1. The van der Waals surface area contributed by atoms with Gasteiger partial charge in [0.2, 0.25) is 0 Å². The lowest BCUT2D eigenvalue weighted by Crippen LogP contribution is -2.37. The van der Waals surface area contributed by atoms with Crippen molar-refractivity contribution in [2.75, 3.05) is 33.3 Å². The molecule has 0 radical (unpaired) electrons. The molecule has 7 heteroatoms. The molecule has 3 rings (SSSR count). The summed E-state index contributed by atoms with van der Waals surface area (Å²) in [7, 11) is 1.52. The van der Waals surface area contributed by atoms with E-state index in [0.29, 0.717) is 30.2 Å². The molecule has 1 atom stereocenters. The third-order valence-electron chi connectivity index (χ3n) is 5.25. The highest BCUT2D eigenvalue weighted by molar-refractivity contribution is 6.46. The van der Waals surface area contributed by atoms with Crippen LogP contribution in [0.25, 0.3) is 5.76 Å². The standard InChI is InChI=1S/C22H26N2O5/c1-4-23(5-2)11-12-24-19(17-10-7-13-29-17)18(21(26)22(24)27)20(25)15-8-6-9-16(14-15)28-3/h6-10,13-14,19,25H,4-5,11-12H2,1-3H3. The van der Waals surface area contributed by atoms with Gasteiger partial charge in [0, 0.05) is 18.7 Å². The molecule has 1 aromatic carbocycles. The number of hydrogen-bond donors (Lipinski definition) is 1. The number of nitrogens with zero attached hydrogens (tertiary/aromatic N) is 2. The average Bonchev–Trinajstić information content (AvgIpc) is 3.36. The Hall–Kier alpha value is -3.06. The molecule has 1 unspecified atom stereocenters. The lowest BCUT2D eigenvalue weighted by molar-refractivity contribution is -0.140. The minimum absolute atomic E-state index is 0.0257. The number of hydrogen-bond acceptors (Lipinski definition) is 6. The molecule has 154 valence electrons. The molecule has 0 aliphatic carbocycles. The summed E-state index contributed by atoms with van der Waals surface area (Å²) in [4.78, 5) is 29.3. The minimum Gasteiger partial charge on any atom is -0.507 e. The van der Waals surface area contributed by atoms with Gasteiger partial charge in [0.1, 0.15) is 23.3 Å². The number of furan rings is 1. The Labute approximate surface area is 170 Å². The Bertz CT molecular complexity index is 900. The zero-order valence-corrected chi connectivity index (χ0v) is 16.9. The second-order valence-corrected chi connectivity index (χ2v) is 6.77. The molecule has 2 aromatic rings. The molecule has 1 aromatic heterocycles. The lowest BCUT2D eigenvalue weighted by Gasteiger charge is -2.26. The maximum absolute atomic E-state index is 12.9.